The third-order valence-corrected chi connectivity index (χ3v) is 14.5. The Balaban J connectivity index is 1.87. The van der Waals surface area contributed by atoms with Crippen molar-refractivity contribution in [1.82, 2.24) is 4.90 Å². The molecule has 0 N–H and O–H groups in total. The summed E-state index contributed by atoms with van der Waals surface area (Å²) in [5.41, 5.74) is 3.25. The molecule has 0 saturated carbocycles. The summed E-state index contributed by atoms with van der Waals surface area (Å²) >= 11 is 0. The van der Waals surface area contributed by atoms with E-state index in [1.165, 1.54) is 0 Å². The number of allylic oxidation sites excluding steroid dienone is 2. The summed E-state index contributed by atoms with van der Waals surface area (Å²) in [5.74, 6) is -0.409. The zero-order valence-corrected chi connectivity index (χ0v) is 24.9. The van der Waals surface area contributed by atoms with Gasteiger partial charge in [-0.1, -0.05) is 78.0 Å². The molecular weight excluding hydrogens is 482 g/mol. The first-order valence-electron chi connectivity index (χ1n) is 14.1. The first-order valence-corrected chi connectivity index (χ1v) is 16.3. The maximum atomic E-state index is 13.7. The number of benzene rings is 1. The van der Waals surface area contributed by atoms with Crippen LogP contribution >= 0.6 is 0 Å². The van der Waals surface area contributed by atoms with Gasteiger partial charge in [0.2, 0.25) is 0 Å². The molecule has 1 saturated heterocycles. The molecule has 7 heteroatoms. The van der Waals surface area contributed by atoms with Crippen molar-refractivity contribution >= 4 is 20.4 Å². The van der Waals surface area contributed by atoms with Gasteiger partial charge in [-0.05, 0) is 54.8 Å². The van der Waals surface area contributed by atoms with E-state index in [9.17, 15) is 9.59 Å². The Morgan fingerprint density at radius 3 is 2.19 bits per heavy atom. The number of carbonyl (C=O) groups is 2. The van der Waals surface area contributed by atoms with Crippen LogP contribution in [0.2, 0.25) is 16.6 Å². The van der Waals surface area contributed by atoms with Gasteiger partial charge >= 0.3 is 12.1 Å². The Morgan fingerprint density at radius 1 is 0.946 bits per heavy atom. The minimum absolute atomic E-state index is 0.0318. The average molecular weight is 530 g/mol. The number of nitrogens with zero attached hydrogens (tertiary/aromatic N) is 1. The molecule has 1 unspecified atom stereocenters. The van der Waals surface area contributed by atoms with Crippen molar-refractivity contribution in [3.63, 3.8) is 0 Å². The Labute approximate surface area is 224 Å². The molecule has 1 aliphatic carbocycles. The maximum absolute atomic E-state index is 13.7. The zero-order valence-electron chi connectivity index (χ0n) is 23.9. The van der Waals surface area contributed by atoms with E-state index in [1.54, 1.807) is 0 Å². The van der Waals surface area contributed by atoms with Crippen molar-refractivity contribution in [2.45, 2.75) is 103 Å². The van der Waals surface area contributed by atoms with Gasteiger partial charge in [-0.25, -0.2) is 4.79 Å². The van der Waals surface area contributed by atoms with E-state index in [0.717, 1.165) is 36.9 Å². The molecule has 37 heavy (non-hydrogen) atoms. The van der Waals surface area contributed by atoms with Crippen LogP contribution in [0.25, 0.3) is 0 Å². The quantitative estimate of drug-likeness (QED) is 0.233. The van der Waals surface area contributed by atoms with Crippen LogP contribution in [0.5, 0.6) is 0 Å². The molecule has 1 aromatic rings. The van der Waals surface area contributed by atoms with E-state index in [2.05, 4.69) is 47.6 Å². The fourth-order valence-electron chi connectivity index (χ4n) is 6.78. The van der Waals surface area contributed by atoms with Crippen LogP contribution in [0.3, 0.4) is 0 Å². The highest BCUT2D eigenvalue weighted by atomic mass is 28.4. The van der Waals surface area contributed by atoms with E-state index in [-0.39, 0.29) is 36.5 Å². The highest BCUT2D eigenvalue weighted by molar-refractivity contribution is 6.77. The number of hydrogen-bond donors (Lipinski definition) is 0. The van der Waals surface area contributed by atoms with Crippen LogP contribution in [0.4, 0.5) is 4.79 Å². The molecule has 0 spiro atoms. The van der Waals surface area contributed by atoms with Crippen molar-refractivity contribution in [3.8, 4) is 0 Å². The molecule has 6 nitrogen and oxygen atoms in total. The van der Waals surface area contributed by atoms with Gasteiger partial charge in [-0.3, -0.25) is 9.69 Å². The lowest BCUT2D eigenvalue weighted by atomic mass is 9.75. The van der Waals surface area contributed by atoms with Gasteiger partial charge in [0.1, 0.15) is 6.61 Å². The number of amides is 1. The summed E-state index contributed by atoms with van der Waals surface area (Å²) in [5, 5.41) is 0. The Kier molecular flexibility index (Phi) is 10.4. The number of carbonyl (C=O) groups excluding carboxylic acids is 2. The van der Waals surface area contributed by atoms with Crippen LogP contribution in [0.1, 0.15) is 79.7 Å². The normalized spacial score (nSPS) is 22.2. The van der Waals surface area contributed by atoms with Gasteiger partial charge in [-0.2, -0.15) is 0 Å². The maximum Gasteiger partial charge on any atom is 0.414 e. The Morgan fingerprint density at radius 2 is 1.59 bits per heavy atom. The largest absolute Gasteiger partial charge is 0.466 e. The number of likely N-dealkylation sites (tertiary alicyclic amines) is 1. The Bertz CT molecular complexity index is 907. The lowest BCUT2D eigenvalue weighted by molar-refractivity contribution is -0.150. The minimum Gasteiger partial charge on any atom is -0.466 e. The molecule has 0 aromatic heterocycles. The van der Waals surface area contributed by atoms with E-state index in [1.807, 2.05) is 42.2 Å². The molecule has 1 heterocycles. The second kappa shape index (κ2) is 13.1. The molecule has 1 amide bonds. The summed E-state index contributed by atoms with van der Waals surface area (Å²) < 4.78 is 18.2. The predicted octanol–water partition coefficient (Wildman–Crippen LogP) is 7.45. The molecule has 1 aliphatic heterocycles. The van der Waals surface area contributed by atoms with E-state index in [0.29, 0.717) is 29.8 Å². The molecule has 0 radical (unpaired) electrons. The molecule has 0 bridgehead atoms. The number of piperidine rings is 1. The molecule has 1 fully saturated rings. The van der Waals surface area contributed by atoms with E-state index in [4.69, 9.17) is 13.9 Å². The summed E-state index contributed by atoms with van der Waals surface area (Å²) in [7, 11) is -2.11. The summed E-state index contributed by atoms with van der Waals surface area (Å²) in [6.45, 7) is 16.6. The van der Waals surface area contributed by atoms with Crippen molar-refractivity contribution in [2.24, 2.45) is 11.8 Å². The number of ether oxygens (including phenoxy) is 2. The molecule has 3 atom stereocenters. The topological polar surface area (TPSA) is 65.1 Å². The summed E-state index contributed by atoms with van der Waals surface area (Å²) in [6.07, 6.45) is 4.89. The monoisotopic (exact) mass is 529 g/mol. The van der Waals surface area contributed by atoms with Crippen LogP contribution in [0.15, 0.2) is 42.1 Å². The molecule has 1 aromatic carbocycles. The molecule has 2 aliphatic rings. The second-order valence-electron chi connectivity index (χ2n) is 11.4. The fraction of sp³-hybridized carbons (Fsp3) is 0.667. The summed E-state index contributed by atoms with van der Waals surface area (Å²) in [6, 6.07) is 9.63. The zero-order chi connectivity index (χ0) is 27.2. The van der Waals surface area contributed by atoms with Crippen molar-refractivity contribution in [2.75, 3.05) is 13.2 Å². The van der Waals surface area contributed by atoms with E-state index < -0.39 is 8.32 Å². The van der Waals surface area contributed by atoms with Crippen LogP contribution < -0.4 is 0 Å². The van der Waals surface area contributed by atoms with Crippen LogP contribution in [0, 0.1) is 11.8 Å². The molecule has 3 rings (SSSR count). The molecular formula is C30H47NO5Si. The van der Waals surface area contributed by atoms with Crippen LogP contribution in [-0.2, 0) is 25.3 Å². The summed E-state index contributed by atoms with van der Waals surface area (Å²) in [4.78, 5) is 28.3. The van der Waals surface area contributed by atoms with Gasteiger partial charge < -0.3 is 13.9 Å². The highest BCUT2D eigenvalue weighted by Gasteiger charge is 2.48. The lowest BCUT2D eigenvalue weighted by Gasteiger charge is -2.47. The van der Waals surface area contributed by atoms with Crippen molar-refractivity contribution in [3.05, 3.63) is 47.7 Å². The van der Waals surface area contributed by atoms with Gasteiger partial charge in [0.05, 0.1) is 25.2 Å². The fourth-order valence-corrected chi connectivity index (χ4v) is 12.3. The third-order valence-electron chi connectivity index (χ3n) is 8.37. The van der Waals surface area contributed by atoms with E-state index >= 15 is 0 Å². The first kappa shape index (κ1) is 29.4. The number of fused-ring (bicyclic) bond motifs is 1. The standard InChI is InChI=1S/C30H47NO5Si/c1-8-34-29(32)27-15-12-16-28-26(27)18-17-25(20-36-37(21(2)3,22(4)5)23(6)7)31(28)30(33)35-19-24-13-10-9-11-14-24/h9-11,13-14,16,21-23,25-27H,8,12,15,17-20H2,1-7H3/t25-,26-,27?/m0/s1. The predicted molar refractivity (Wildman–Crippen MR) is 149 cm³/mol. The van der Waals surface area contributed by atoms with Gasteiger partial charge in [0, 0.05) is 11.6 Å². The smallest absolute Gasteiger partial charge is 0.414 e. The second-order valence-corrected chi connectivity index (χ2v) is 16.9. The minimum atomic E-state index is -2.11. The lowest BCUT2D eigenvalue weighted by Crippen LogP contribution is -2.54. The number of rotatable bonds is 10. The SMILES string of the molecule is CCOC(=O)C1CCC=C2[C@H]1CC[C@@H](CO[Si](C(C)C)(C(C)C)C(C)C)N2C(=O)OCc1ccccc1. The first-order chi connectivity index (χ1) is 17.6. The third kappa shape index (κ3) is 6.48. The average Bonchev–Trinajstić information content (AvgIpc) is 2.87. The number of esters is 1. The van der Waals surface area contributed by atoms with Crippen molar-refractivity contribution in [1.29, 1.82) is 0 Å². The number of hydrogen-bond acceptors (Lipinski definition) is 5. The Hall–Kier alpha value is -2.12. The van der Waals surface area contributed by atoms with Gasteiger partial charge in [0.25, 0.3) is 0 Å². The van der Waals surface area contributed by atoms with Crippen molar-refractivity contribution < 1.29 is 23.5 Å². The molecule has 206 valence electrons. The van der Waals surface area contributed by atoms with Gasteiger partial charge in [-0.15, -0.1) is 0 Å². The van der Waals surface area contributed by atoms with Gasteiger partial charge in [0.15, 0.2) is 8.32 Å². The van der Waals surface area contributed by atoms with Crippen LogP contribution in [-0.4, -0.2) is 44.5 Å². The highest BCUT2D eigenvalue weighted by Crippen LogP contribution is 2.45.